The topological polar surface area (TPSA) is 29.5 Å². The summed E-state index contributed by atoms with van der Waals surface area (Å²) in [5, 5.41) is 11.3. The second-order valence-electron chi connectivity index (χ2n) is 8.47. The van der Waals surface area contributed by atoms with Crippen molar-refractivity contribution in [3.63, 3.8) is 0 Å². The molecule has 2 aliphatic carbocycles. The summed E-state index contributed by atoms with van der Waals surface area (Å²) in [6.07, 6.45) is 13.2. The zero-order chi connectivity index (χ0) is 14.9. The Morgan fingerprint density at radius 1 is 0.952 bits per heavy atom. The van der Waals surface area contributed by atoms with Crippen LogP contribution in [0.25, 0.3) is 0 Å². The third-order valence-corrected chi connectivity index (χ3v) is 6.86. The summed E-state index contributed by atoms with van der Waals surface area (Å²) in [6.45, 7) is 5.54. The summed E-state index contributed by atoms with van der Waals surface area (Å²) >= 11 is 0. The summed E-state index contributed by atoms with van der Waals surface area (Å²) in [4.78, 5) is 0. The molecule has 3 aliphatic rings. The maximum atomic E-state index is 11.3. The van der Waals surface area contributed by atoms with Crippen molar-refractivity contribution in [2.24, 2.45) is 17.8 Å². The molecule has 3 fully saturated rings. The average molecular weight is 294 g/mol. The molecule has 1 aliphatic heterocycles. The molecule has 1 atom stereocenters. The second kappa shape index (κ2) is 6.20. The van der Waals surface area contributed by atoms with Gasteiger partial charge in [0.15, 0.2) is 0 Å². The van der Waals surface area contributed by atoms with Gasteiger partial charge in [-0.25, -0.2) is 0 Å². The van der Waals surface area contributed by atoms with Gasteiger partial charge in [0.25, 0.3) is 0 Å². The molecule has 1 heterocycles. The maximum Gasteiger partial charge on any atom is 0.0686 e. The van der Waals surface area contributed by atoms with Gasteiger partial charge in [-0.3, -0.25) is 0 Å². The van der Waals surface area contributed by atoms with Crippen molar-refractivity contribution in [3.8, 4) is 0 Å². The van der Waals surface area contributed by atoms with Gasteiger partial charge in [-0.15, -0.1) is 0 Å². The second-order valence-corrected chi connectivity index (χ2v) is 8.47. The summed E-state index contributed by atoms with van der Waals surface area (Å²) in [7, 11) is 0. The van der Waals surface area contributed by atoms with E-state index >= 15 is 0 Å². The molecule has 0 amide bonds. The first kappa shape index (κ1) is 15.8. The minimum absolute atomic E-state index is 0.131. The number of hydrogen-bond acceptors (Lipinski definition) is 2. The Labute approximate surface area is 130 Å². The van der Waals surface area contributed by atoms with Crippen molar-refractivity contribution in [3.05, 3.63) is 0 Å². The molecular formula is C19H34O2. The van der Waals surface area contributed by atoms with Gasteiger partial charge in [-0.05, 0) is 69.1 Å². The minimum Gasteiger partial charge on any atom is -0.390 e. The Bertz CT molecular complexity index is 330. The van der Waals surface area contributed by atoms with E-state index in [0.717, 1.165) is 44.1 Å². The fraction of sp³-hybridized carbons (Fsp3) is 1.00. The van der Waals surface area contributed by atoms with Crippen LogP contribution in [-0.4, -0.2) is 22.9 Å². The average Bonchev–Trinajstić information content (AvgIpc) is 2.48. The summed E-state index contributed by atoms with van der Waals surface area (Å²) in [6, 6.07) is 0. The van der Waals surface area contributed by atoms with Crippen LogP contribution < -0.4 is 0 Å². The smallest absolute Gasteiger partial charge is 0.0686 e. The third kappa shape index (κ3) is 3.32. The van der Waals surface area contributed by atoms with Gasteiger partial charge < -0.3 is 9.84 Å². The van der Waals surface area contributed by atoms with Gasteiger partial charge in [-0.2, -0.15) is 0 Å². The number of ether oxygens (including phenoxy) is 1. The monoisotopic (exact) mass is 294 g/mol. The highest BCUT2D eigenvalue weighted by molar-refractivity contribution is 4.98. The van der Waals surface area contributed by atoms with Crippen LogP contribution in [-0.2, 0) is 4.74 Å². The lowest BCUT2D eigenvalue weighted by Gasteiger charge is -2.50. The lowest BCUT2D eigenvalue weighted by atomic mass is 9.64. The van der Waals surface area contributed by atoms with Crippen molar-refractivity contribution in [2.75, 3.05) is 6.61 Å². The summed E-state index contributed by atoms with van der Waals surface area (Å²) in [5.41, 5.74) is -0.259. The van der Waals surface area contributed by atoms with Crippen LogP contribution in [0.3, 0.4) is 0 Å². The van der Waals surface area contributed by atoms with Crippen molar-refractivity contribution in [1.29, 1.82) is 0 Å². The van der Waals surface area contributed by atoms with E-state index in [0.29, 0.717) is 5.92 Å². The molecule has 3 rings (SSSR count). The third-order valence-electron chi connectivity index (χ3n) is 6.86. The highest BCUT2D eigenvalue weighted by atomic mass is 16.5. The van der Waals surface area contributed by atoms with Crippen LogP contribution in [0.15, 0.2) is 0 Å². The molecule has 0 radical (unpaired) electrons. The SMILES string of the molecule is CC(C)C1CCC(O)(C2CCOC3(CCCCC3)C2)CC1. The van der Waals surface area contributed by atoms with Crippen LogP contribution >= 0.6 is 0 Å². The first-order valence-electron chi connectivity index (χ1n) is 9.39. The lowest BCUT2D eigenvalue weighted by Crippen LogP contribution is -2.50. The summed E-state index contributed by atoms with van der Waals surface area (Å²) in [5.74, 6) is 2.08. The van der Waals surface area contributed by atoms with E-state index in [2.05, 4.69) is 13.8 Å². The molecule has 0 aromatic carbocycles. The maximum absolute atomic E-state index is 11.3. The van der Waals surface area contributed by atoms with Crippen LogP contribution in [0.2, 0.25) is 0 Å². The van der Waals surface area contributed by atoms with E-state index in [-0.39, 0.29) is 11.2 Å². The van der Waals surface area contributed by atoms with Crippen LogP contribution in [0.1, 0.15) is 84.5 Å². The highest BCUT2D eigenvalue weighted by Crippen LogP contribution is 2.48. The van der Waals surface area contributed by atoms with E-state index in [1.54, 1.807) is 0 Å². The highest BCUT2D eigenvalue weighted by Gasteiger charge is 2.47. The molecule has 2 nitrogen and oxygen atoms in total. The molecule has 0 aromatic heterocycles. The van der Waals surface area contributed by atoms with Crippen molar-refractivity contribution >= 4 is 0 Å². The number of rotatable bonds is 2. The summed E-state index contributed by atoms with van der Waals surface area (Å²) < 4.78 is 6.22. The van der Waals surface area contributed by atoms with Crippen LogP contribution in [0.4, 0.5) is 0 Å². The molecule has 0 bridgehead atoms. The molecule has 1 spiro atoms. The Morgan fingerprint density at radius 2 is 1.62 bits per heavy atom. The number of aliphatic hydroxyl groups is 1. The van der Waals surface area contributed by atoms with Gasteiger partial charge in [-0.1, -0.05) is 33.1 Å². The van der Waals surface area contributed by atoms with Gasteiger partial charge >= 0.3 is 0 Å². The quantitative estimate of drug-likeness (QED) is 0.800. The fourth-order valence-electron chi connectivity index (χ4n) is 5.25. The van der Waals surface area contributed by atoms with E-state index in [9.17, 15) is 5.11 Å². The molecule has 2 heteroatoms. The standard InChI is InChI=1S/C19H34O2/c1-15(2)16-6-11-19(20,12-7-16)17-8-13-21-18(14-17)9-4-3-5-10-18/h15-17,20H,3-14H2,1-2H3. The first-order chi connectivity index (χ1) is 10.0. The van der Waals surface area contributed by atoms with E-state index in [1.807, 2.05) is 0 Å². The molecule has 1 unspecified atom stereocenters. The van der Waals surface area contributed by atoms with Crippen molar-refractivity contribution in [1.82, 2.24) is 0 Å². The predicted octanol–water partition coefficient (Wildman–Crippen LogP) is 4.69. The molecule has 1 N–H and O–H groups in total. The molecule has 122 valence electrons. The van der Waals surface area contributed by atoms with Gasteiger partial charge in [0.05, 0.1) is 11.2 Å². The predicted molar refractivity (Wildman–Crippen MR) is 86.2 cm³/mol. The molecule has 1 saturated heterocycles. The van der Waals surface area contributed by atoms with Gasteiger partial charge in [0.2, 0.25) is 0 Å². The zero-order valence-electron chi connectivity index (χ0n) is 14.1. The Balaban J connectivity index is 1.63. The van der Waals surface area contributed by atoms with E-state index in [1.165, 1.54) is 44.9 Å². The Morgan fingerprint density at radius 3 is 2.24 bits per heavy atom. The molecule has 0 aromatic rings. The Hall–Kier alpha value is -0.0800. The van der Waals surface area contributed by atoms with Crippen molar-refractivity contribution in [2.45, 2.75) is 95.7 Å². The first-order valence-corrected chi connectivity index (χ1v) is 9.39. The largest absolute Gasteiger partial charge is 0.390 e. The molecule has 21 heavy (non-hydrogen) atoms. The lowest BCUT2D eigenvalue weighted by molar-refractivity contribution is -0.166. The van der Waals surface area contributed by atoms with Crippen LogP contribution in [0.5, 0.6) is 0 Å². The zero-order valence-corrected chi connectivity index (χ0v) is 14.1. The minimum atomic E-state index is -0.389. The van der Waals surface area contributed by atoms with E-state index in [4.69, 9.17) is 4.74 Å². The molecule has 2 saturated carbocycles. The van der Waals surface area contributed by atoms with Gasteiger partial charge in [0, 0.05) is 6.61 Å². The van der Waals surface area contributed by atoms with Crippen LogP contribution in [0, 0.1) is 17.8 Å². The van der Waals surface area contributed by atoms with Gasteiger partial charge in [0.1, 0.15) is 0 Å². The normalized spacial score (nSPS) is 40.6. The Kier molecular flexibility index (Phi) is 4.66. The number of hydrogen-bond donors (Lipinski definition) is 1. The van der Waals surface area contributed by atoms with E-state index < -0.39 is 0 Å². The fourth-order valence-corrected chi connectivity index (χ4v) is 5.25. The molecular weight excluding hydrogens is 260 g/mol. The van der Waals surface area contributed by atoms with Crippen molar-refractivity contribution < 1.29 is 9.84 Å².